The standard InChI is InChI=1S/C23H18N4O3S4/c28-19(25-26-20(29)14-32-22-24-16-10-4-5-11-17(16)33-22)13-27-21(30)18(34-23(27)31)12-6-9-15-7-2-1-3-8-15/h1-12H,13-14H2,(H,25,28)(H,26,29). The number of carbonyl (C=O) groups excluding carboxylic acids is 3. The van der Waals surface area contributed by atoms with Crippen molar-refractivity contribution in [3.63, 3.8) is 0 Å². The molecule has 1 aromatic heterocycles. The third kappa shape index (κ3) is 6.32. The Morgan fingerprint density at radius 3 is 2.59 bits per heavy atom. The SMILES string of the molecule is O=C(CSc1nc2ccccc2s1)NNC(=O)CN1C(=O)C(=CC=Cc2ccccc2)SC1=S. The van der Waals surface area contributed by atoms with E-state index in [1.165, 1.54) is 28.0 Å². The number of nitrogens with zero attached hydrogens (tertiary/aromatic N) is 2. The van der Waals surface area contributed by atoms with E-state index in [-0.39, 0.29) is 28.4 Å². The molecule has 2 N–H and O–H groups in total. The summed E-state index contributed by atoms with van der Waals surface area (Å²) in [5, 5.41) is 0. The van der Waals surface area contributed by atoms with Crippen LogP contribution >= 0.6 is 47.1 Å². The molecule has 2 heterocycles. The van der Waals surface area contributed by atoms with Gasteiger partial charge in [0, 0.05) is 0 Å². The van der Waals surface area contributed by atoms with E-state index in [9.17, 15) is 14.4 Å². The van der Waals surface area contributed by atoms with E-state index < -0.39 is 5.91 Å². The Labute approximate surface area is 213 Å². The minimum absolute atomic E-state index is 0.0949. The van der Waals surface area contributed by atoms with Crippen LogP contribution in [-0.2, 0) is 14.4 Å². The van der Waals surface area contributed by atoms with Crippen LogP contribution in [0.15, 0.2) is 76.0 Å². The number of thioether (sulfide) groups is 2. The third-order valence-electron chi connectivity index (χ3n) is 4.45. The fourth-order valence-corrected chi connectivity index (χ4v) is 5.94. The van der Waals surface area contributed by atoms with Gasteiger partial charge in [0.15, 0.2) is 4.34 Å². The number of amides is 3. The predicted molar refractivity (Wildman–Crippen MR) is 142 cm³/mol. The van der Waals surface area contributed by atoms with Gasteiger partial charge >= 0.3 is 0 Å². The number of benzene rings is 2. The van der Waals surface area contributed by atoms with Gasteiger partial charge < -0.3 is 0 Å². The average molecular weight is 527 g/mol. The highest BCUT2D eigenvalue weighted by molar-refractivity contribution is 8.26. The summed E-state index contributed by atoms with van der Waals surface area (Å²) in [5.74, 6) is -1.18. The van der Waals surface area contributed by atoms with Crippen LogP contribution in [0.4, 0.5) is 0 Å². The number of carbonyl (C=O) groups is 3. The van der Waals surface area contributed by atoms with Crippen molar-refractivity contribution in [2.75, 3.05) is 12.3 Å². The zero-order valence-corrected chi connectivity index (χ0v) is 20.9. The van der Waals surface area contributed by atoms with E-state index in [0.29, 0.717) is 4.91 Å². The van der Waals surface area contributed by atoms with Crippen molar-refractivity contribution in [3.8, 4) is 0 Å². The molecule has 172 valence electrons. The third-order valence-corrected chi connectivity index (χ3v) is 8.03. The lowest BCUT2D eigenvalue weighted by molar-refractivity contribution is -0.131. The molecule has 0 unspecified atom stereocenters. The molecule has 0 bridgehead atoms. The van der Waals surface area contributed by atoms with Gasteiger partial charge in [-0.2, -0.15) is 0 Å². The molecule has 34 heavy (non-hydrogen) atoms. The summed E-state index contributed by atoms with van der Waals surface area (Å²) in [6.45, 7) is -0.282. The zero-order valence-electron chi connectivity index (χ0n) is 17.6. The smallest absolute Gasteiger partial charge is 0.266 e. The first-order valence-corrected chi connectivity index (χ1v) is 13.1. The van der Waals surface area contributed by atoms with Gasteiger partial charge in [-0.3, -0.25) is 30.1 Å². The fraction of sp³-hybridized carbons (Fsp3) is 0.0870. The molecule has 0 spiro atoms. The summed E-state index contributed by atoms with van der Waals surface area (Å²) >= 11 is 9.16. The molecule has 1 aliphatic heterocycles. The normalized spacial score (nSPS) is 14.9. The summed E-state index contributed by atoms with van der Waals surface area (Å²) < 4.78 is 2.11. The van der Waals surface area contributed by atoms with Gasteiger partial charge in [-0.15, -0.1) is 11.3 Å². The van der Waals surface area contributed by atoms with Gasteiger partial charge in [0.05, 0.1) is 20.9 Å². The molecule has 1 saturated heterocycles. The van der Waals surface area contributed by atoms with Crippen LogP contribution in [0.5, 0.6) is 0 Å². The monoisotopic (exact) mass is 526 g/mol. The van der Waals surface area contributed by atoms with Crippen molar-refractivity contribution in [2.45, 2.75) is 4.34 Å². The lowest BCUT2D eigenvalue weighted by Crippen LogP contribution is -2.47. The maximum atomic E-state index is 12.6. The molecule has 0 saturated carbocycles. The van der Waals surface area contributed by atoms with Crippen molar-refractivity contribution in [1.82, 2.24) is 20.7 Å². The summed E-state index contributed by atoms with van der Waals surface area (Å²) in [7, 11) is 0. The van der Waals surface area contributed by atoms with Crippen molar-refractivity contribution in [3.05, 3.63) is 77.2 Å². The Hall–Kier alpha value is -2.99. The van der Waals surface area contributed by atoms with E-state index in [1.54, 1.807) is 12.2 Å². The first-order valence-electron chi connectivity index (χ1n) is 10.0. The van der Waals surface area contributed by atoms with Crippen LogP contribution in [0.25, 0.3) is 16.3 Å². The van der Waals surface area contributed by atoms with E-state index in [4.69, 9.17) is 12.2 Å². The van der Waals surface area contributed by atoms with Gasteiger partial charge in [0.2, 0.25) is 5.91 Å². The van der Waals surface area contributed by atoms with E-state index in [2.05, 4.69) is 15.8 Å². The minimum Gasteiger partial charge on any atom is -0.283 e. The van der Waals surface area contributed by atoms with Crippen LogP contribution < -0.4 is 10.9 Å². The molecule has 1 aliphatic rings. The number of para-hydroxylation sites is 1. The van der Waals surface area contributed by atoms with Crippen LogP contribution in [0.1, 0.15) is 5.56 Å². The number of allylic oxidation sites excluding steroid dienone is 2. The van der Waals surface area contributed by atoms with E-state index >= 15 is 0 Å². The summed E-state index contributed by atoms with van der Waals surface area (Å²) in [6.07, 6.45) is 5.32. The molecule has 0 radical (unpaired) electrons. The topological polar surface area (TPSA) is 91.4 Å². The van der Waals surface area contributed by atoms with Gasteiger partial charge in [-0.05, 0) is 23.8 Å². The zero-order chi connectivity index (χ0) is 23.9. The highest BCUT2D eigenvalue weighted by atomic mass is 32.2. The molecule has 1 fully saturated rings. The molecule has 4 rings (SSSR count). The number of nitrogens with one attached hydrogen (secondary N) is 2. The molecule has 0 atom stereocenters. The first-order chi connectivity index (χ1) is 16.5. The lowest BCUT2D eigenvalue weighted by atomic mass is 10.2. The maximum absolute atomic E-state index is 12.6. The number of aromatic nitrogens is 1. The number of rotatable bonds is 7. The second kappa shape index (κ2) is 11.4. The van der Waals surface area contributed by atoms with E-state index in [1.807, 2.05) is 60.7 Å². The van der Waals surface area contributed by atoms with Crippen LogP contribution in [0, 0.1) is 0 Å². The van der Waals surface area contributed by atoms with Crippen LogP contribution in [0.2, 0.25) is 0 Å². The van der Waals surface area contributed by atoms with Crippen LogP contribution in [-0.4, -0.2) is 44.2 Å². The molecule has 0 aliphatic carbocycles. The highest BCUT2D eigenvalue weighted by Crippen LogP contribution is 2.31. The molecular weight excluding hydrogens is 509 g/mol. The van der Waals surface area contributed by atoms with Crippen LogP contribution in [0.3, 0.4) is 0 Å². The number of thiazole rings is 1. The average Bonchev–Trinajstić information content (AvgIpc) is 3.38. The number of thiocarbonyl (C=S) groups is 1. The Bertz CT molecular complexity index is 1270. The molecule has 3 aromatic rings. The fourth-order valence-electron chi connectivity index (χ4n) is 2.86. The first kappa shape index (κ1) is 24.1. The summed E-state index contributed by atoms with van der Waals surface area (Å²) in [6, 6.07) is 17.4. The molecule has 3 amide bonds. The van der Waals surface area contributed by atoms with Gasteiger partial charge in [-0.1, -0.05) is 90.4 Å². The molecular formula is C23H18N4O3S4. The van der Waals surface area contributed by atoms with Crippen molar-refractivity contribution in [2.24, 2.45) is 0 Å². The number of hydrogen-bond acceptors (Lipinski definition) is 8. The maximum Gasteiger partial charge on any atom is 0.266 e. The Balaban J connectivity index is 1.23. The molecule has 7 nitrogen and oxygen atoms in total. The van der Waals surface area contributed by atoms with Gasteiger partial charge in [0.1, 0.15) is 10.9 Å². The predicted octanol–water partition coefficient (Wildman–Crippen LogP) is 3.99. The lowest BCUT2D eigenvalue weighted by Gasteiger charge is -2.14. The highest BCUT2D eigenvalue weighted by Gasteiger charge is 2.33. The number of fused-ring (bicyclic) bond motifs is 1. The minimum atomic E-state index is -0.546. The quantitative estimate of drug-likeness (QED) is 0.208. The summed E-state index contributed by atoms with van der Waals surface area (Å²) in [5.41, 5.74) is 6.58. The number of hydrazine groups is 1. The Kier molecular flexibility index (Phi) is 8.12. The largest absolute Gasteiger partial charge is 0.283 e. The van der Waals surface area contributed by atoms with Gasteiger partial charge in [0.25, 0.3) is 11.8 Å². The number of hydrogen-bond donors (Lipinski definition) is 2. The molecule has 11 heteroatoms. The van der Waals surface area contributed by atoms with Crippen molar-refractivity contribution in [1.29, 1.82) is 0 Å². The second-order valence-corrected chi connectivity index (χ2v) is 10.8. The van der Waals surface area contributed by atoms with E-state index in [0.717, 1.165) is 31.9 Å². The van der Waals surface area contributed by atoms with Gasteiger partial charge in [-0.25, -0.2) is 4.98 Å². The van der Waals surface area contributed by atoms with Crippen molar-refractivity contribution >= 4 is 85.4 Å². The summed E-state index contributed by atoms with van der Waals surface area (Å²) in [4.78, 5) is 43.0. The van der Waals surface area contributed by atoms with Crippen molar-refractivity contribution < 1.29 is 14.4 Å². The Morgan fingerprint density at radius 2 is 1.79 bits per heavy atom. The molecule has 2 aromatic carbocycles. The second-order valence-electron chi connectivity index (χ2n) is 6.89. The Morgan fingerprint density at radius 1 is 1.06 bits per heavy atom.